The minimum atomic E-state index is -0.897. The highest BCUT2D eigenvalue weighted by Gasteiger charge is 2.52. The van der Waals surface area contributed by atoms with Gasteiger partial charge >= 0.3 is 12.0 Å². The highest BCUT2D eigenvalue weighted by molar-refractivity contribution is 6.09. The number of ether oxygens (including phenoxy) is 2. The lowest BCUT2D eigenvalue weighted by atomic mass is 9.75. The van der Waals surface area contributed by atoms with E-state index in [4.69, 9.17) is 9.47 Å². The second kappa shape index (κ2) is 8.08. The molecular formula is C22H26N2O6. The molecule has 8 heteroatoms. The Labute approximate surface area is 174 Å². The third kappa shape index (κ3) is 3.78. The van der Waals surface area contributed by atoms with Gasteiger partial charge in [-0.2, -0.15) is 0 Å². The van der Waals surface area contributed by atoms with Crippen molar-refractivity contribution in [3.63, 3.8) is 0 Å². The Balaban J connectivity index is 1.31. The van der Waals surface area contributed by atoms with Crippen LogP contribution in [0.3, 0.4) is 0 Å². The Morgan fingerprint density at radius 1 is 1.27 bits per heavy atom. The lowest BCUT2D eigenvalue weighted by Gasteiger charge is -2.34. The second-order valence-electron chi connectivity index (χ2n) is 8.26. The van der Waals surface area contributed by atoms with Crippen molar-refractivity contribution in [3.8, 4) is 5.75 Å². The molecule has 1 aromatic carbocycles. The Morgan fingerprint density at radius 3 is 2.77 bits per heavy atom. The smallest absolute Gasteiger partial charge is 0.326 e. The second-order valence-corrected chi connectivity index (χ2v) is 8.26. The number of urea groups is 1. The fraction of sp³-hybridized carbons (Fsp3) is 0.545. The first kappa shape index (κ1) is 20.4. The number of nitrogens with zero attached hydrogens (tertiary/aromatic N) is 1. The summed E-state index contributed by atoms with van der Waals surface area (Å²) in [5, 5.41) is 2.78. The first-order chi connectivity index (χ1) is 14.4. The number of esters is 1. The molecule has 30 heavy (non-hydrogen) atoms. The van der Waals surface area contributed by atoms with E-state index in [0.717, 1.165) is 41.9 Å². The topological polar surface area (TPSA) is 102 Å². The summed E-state index contributed by atoms with van der Waals surface area (Å²) in [4.78, 5) is 50.6. The van der Waals surface area contributed by atoms with E-state index >= 15 is 0 Å². The molecule has 160 valence electrons. The van der Waals surface area contributed by atoms with Crippen LogP contribution in [0.2, 0.25) is 0 Å². The zero-order valence-corrected chi connectivity index (χ0v) is 17.1. The highest BCUT2D eigenvalue weighted by atomic mass is 16.5. The van der Waals surface area contributed by atoms with Crippen LogP contribution in [0.1, 0.15) is 54.9 Å². The van der Waals surface area contributed by atoms with Gasteiger partial charge in [0.15, 0.2) is 12.4 Å². The number of nitrogens with one attached hydrogen (secondary N) is 1. The van der Waals surface area contributed by atoms with Crippen LogP contribution in [0.25, 0.3) is 0 Å². The van der Waals surface area contributed by atoms with Gasteiger partial charge in [0.2, 0.25) is 0 Å². The molecule has 2 aliphatic heterocycles. The quantitative estimate of drug-likeness (QED) is 0.435. The Morgan fingerprint density at radius 2 is 2.03 bits per heavy atom. The first-order valence-corrected chi connectivity index (χ1v) is 10.5. The number of carbonyl (C=O) groups is 4. The van der Waals surface area contributed by atoms with Crippen molar-refractivity contribution in [2.75, 3.05) is 19.8 Å². The van der Waals surface area contributed by atoms with Crippen molar-refractivity contribution in [2.45, 2.75) is 51.0 Å². The van der Waals surface area contributed by atoms with Crippen LogP contribution < -0.4 is 10.1 Å². The van der Waals surface area contributed by atoms with Crippen molar-refractivity contribution >= 4 is 23.7 Å². The molecule has 0 aromatic heterocycles. The minimum absolute atomic E-state index is 0.343. The number of fused-ring (bicyclic) bond motifs is 1. The average molecular weight is 414 g/mol. The first-order valence-electron chi connectivity index (χ1n) is 10.5. The summed E-state index contributed by atoms with van der Waals surface area (Å²) in [7, 11) is 0. The lowest BCUT2D eigenvalue weighted by Crippen LogP contribution is -2.49. The van der Waals surface area contributed by atoms with Crippen LogP contribution in [0, 0.1) is 5.92 Å². The summed E-state index contributed by atoms with van der Waals surface area (Å²) in [6.07, 6.45) is 4.72. The van der Waals surface area contributed by atoms with Crippen LogP contribution in [0.5, 0.6) is 5.75 Å². The van der Waals surface area contributed by atoms with Gasteiger partial charge in [-0.15, -0.1) is 0 Å². The van der Waals surface area contributed by atoms with Gasteiger partial charge in [-0.05, 0) is 55.4 Å². The van der Waals surface area contributed by atoms with Crippen molar-refractivity contribution < 1.29 is 28.7 Å². The van der Waals surface area contributed by atoms with Crippen molar-refractivity contribution in [1.29, 1.82) is 0 Å². The molecule has 0 atom stereocenters. The molecule has 8 nitrogen and oxygen atoms in total. The predicted molar refractivity (Wildman–Crippen MR) is 106 cm³/mol. The van der Waals surface area contributed by atoms with E-state index in [9.17, 15) is 19.2 Å². The van der Waals surface area contributed by atoms with E-state index in [2.05, 4.69) is 12.2 Å². The molecule has 3 amide bonds. The van der Waals surface area contributed by atoms with Crippen LogP contribution >= 0.6 is 0 Å². The molecule has 2 heterocycles. The molecule has 1 aliphatic carbocycles. The molecule has 1 saturated heterocycles. The maximum atomic E-state index is 12.8. The molecule has 1 aromatic rings. The van der Waals surface area contributed by atoms with Crippen molar-refractivity contribution in [3.05, 3.63) is 29.3 Å². The summed E-state index contributed by atoms with van der Waals surface area (Å²) >= 11 is 0. The standard InChI is InChI=1S/C22H26N2O6/c1-2-14-5-8-22(9-6-14)20(27)24(21(28)23-22)12-19(26)30-13-17(25)15-3-4-18-16(11-15)7-10-29-18/h3-4,11,14H,2,5-10,12-13H2,1H3,(H,23,28). The fourth-order valence-electron chi connectivity index (χ4n) is 4.50. The SMILES string of the molecule is CCC1CCC2(CC1)NC(=O)N(CC(=O)OCC(=O)c1ccc3c(c1)CCO3)C2=O. The van der Waals surface area contributed by atoms with Gasteiger partial charge in [0, 0.05) is 12.0 Å². The lowest BCUT2D eigenvalue weighted by molar-refractivity contribution is -0.147. The number of amides is 3. The average Bonchev–Trinajstić information content (AvgIpc) is 3.31. The summed E-state index contributed by atoms with van der Waals surface area (Å²) in [6.45, 7) is 1.78. The summed E-state index contributed by atoms with van der Waals surface area (Å²) in [5.74, 6) is -0.163. The molecule has 4 rings (SSSR count). The number of benzene rings is 1. The van der Waals surface area contributed by atoms with E-state index < -0.39 is 30.7 Å². The van der Waals surface area contributed by atoms with Crippen LogP contribution in [0.4, 0.5) is 4.79 Å². The summed E-state index contributed by atoms with van der Waals surface area (Å²) in [6, 6.07) is 4.54. The van der Waals surface area contributed by atoms with Gasteiger partial charge in [0.25, 0.3) is 5.91 Å². The van der Waals surface area contributed by atoms with Crippen LogP contribution in [-0.4, -0.2) is 53.9 Å². The number of Topliss-reactive ketones (excluding diaryl/α,β-unsaturated/α-hetero) is 1. The van der Waals surface area contributed by atoms with Gasteiger partial charge < -0.3 is 14.8 Å². The largest absolute Gasteiger partial charge is 0.493 e. The van der Waals surface area contributed by atoms with Gasteiger partial charge in [0.1, 0.15) is 17.8 Å². The monoisotopic (exact) mass is 414 g/mol. The van der Waals surface area contributed by atoms with E-state index in [1.54, 1.807) is 18.2 Å². The van der Waals surface area contributed by atoms with Gasteiger partial charge in [-0.3, -0.25) is 19.3 Å². The van der Waals surface area contributed by atoms with Crippen LogP contribution in [0.15, 0.2) is 18.2 Å². The van der Waals surface area contributed by atoms with E-state index in [1.165, 1.54) is 0 Å². The predicted octanol–water partition coefficient (Wildman–Crippen LogP) is 2.24. The number of hydrogen-bond donors (Lipinski definition) is 1. The normalized spacial score (nSPS) is 25.1. The molecule has 1 saturated carbocycles. The molecule has 0 bridgehead atoms. The number of imide groups is 1. The molecule has 0 radical (unpaired) electrons. The third-order valence-corrected chi connectivity index (χ3v) is 6.44. The minimum Gasteiger partial charge on any atom is -0.493 e. The summed E-state index contributed by atoms with van der Waals surface area (Å²) < 4.78 is 10.5. The molecule has 2 fully saturated rings. The van der Waals surface area contributed by atoms with E-state index in [-0.39, 0.29) is 11.7 Å². The zero-order chi connectivity index (χ0) is 21.3. The van der Waals surface area contributed by atoms with Crippen LogP contribution in [-0.2, 0) is 20.7 Å². The number of ketones is 1. The molecule has 1 N–H and O–H groups in total. The Bertz CT molecular complexity index is 888. The number of rotatable bonds is 6. The molecule has 3 aliphatic rings. The fourth-order valence-corrected chi connectivity index (χ4v) is 4.50. The van der Waals surface area contributed by atoms with E-state index in [1.807, 2.05) is 0 Å². The molecule has 0 unspecified atom stereocenters. The number of carbonyl (C=O) groups excluding carboxylic acids is 4. The molecule has 1 spiro atoms. The maximum Gasteiger partial charge on any atom is 0.326 e. The maximum absolute atomic E-state index is 12.8. The highest BCUT2D eigenvalue weighted by Crippen LogP contribution is 2.37. The van der Waals surface area contributed by atoms with Gasteiger partial charge in [-0.1, -0.05) is 13.3 Å². The van der Waals surface area contributed by atoms with Crippen molar-refractivity contribution in [2.24, 2.45) is 5.92 Å². The summed E-state index contributed by atoms with van der Waals surface area (Å²) in [5.41, 5.74) is 0.494. The van der Waals surface area contributed by atoms with Gasteiger partial charge in [0.05, 0.1) is 6.61 Å². The third-order valence-electron chi connectivity index (χ3n) is 6.44. The van der Waals surface area contributed by atoms with Crippen molar-refractivity contribution in [1.82, 2.24) is 10.2 Å². The van der Waals surface area contributed by atoms with Gasteiger partial charge in [-0.25, -0.2) is 4.79 Å². The Hall–Kier alpha value is -2.90. The zero-order valence-electron chi connectivity index (χ0n) is 17.1. The number of hydrogen-bond acceptors (Lipinski definition) is 6. The molecular weight excluding hydrogens is 388 g/mol. The Kier molecular flexibility index (Phi) is 5.49. The van der Waals surface area contributed by atoms with E-state index in [0.29, 0.717) is 30.9 Å².